The van der Waals surface area contributed by atoms with Gasteiger partial charge in [-0.25, -0.2) is 0 Å². The van der Waals surface area contributed by atoms with Gasteiger partial charge in [-0.1, -0.05) is 27.5 Å². The Morgan fingerprint density at radius 1 is 1.33 bits per heavy atom. The third-order valence-corrected chi connectivity index (χ3v) is 2.66. The lowest BCUT2D eigenvalue weighted by Crippen LogP contribution is -2.28. The number of benzene rings is 1. The average molecular weight is 303 g/mol. The lowest BCUT2D eigenvalue weighted by molar-refractivity contribution is -0.125. The van der Waals surface area contributed by atoms with Crippen molar-refractivity contribution in [2.75, 3.05) is 6.54 Å². The second-order valence-corrected chi connectivity index (χ2v) is 4.25. The topological polar surface area (TPSA) is 12.0 Å². The molecule has 0 saturated carbocycles. The summed E-state index contributed by atoms with van der Waals surface area (Å²) in [4.78, 5) is 0. The number of alkyl halides is 3. The van der Waals surface area contributed by atoms with E-state index in [-0.39, 0.29) is 6.54 Å². The van der Waals surface area contributed by atoms with Crippen molar-refractivity contribution in [1.82, 2.24) is 5.32 Å². The predicted octanol–water partition coefficient (Wildman–Crippen LogP) is 3.75. The first-order valence-electron chi connectivity index (χ1n) is 4.10. The normalized spacial score (nSPS) is 11.8. The van der Waals surface area contributed by atoms with Crippen LogP contribution < -0.4 is 5.32 Å². The quantitative estimate of drug-likeness (QED) is 0.896. The molecule has 0 atom stereocenters. The number of hydrogen-bond acceptors (Lipinski definition) is 1. The van der Waals surface area contributed by atoms with Gasteiger partial charge in [-0.3, -0.25) is 0 Å². The molecule has 1 nitrogen and oxygen atoms in total. The van der Waals surface area contributed by atoms with Crippen LogP contribution in [0.25, 0.3) is 0 Å². The number of rotatable bonds is 3. The molecule has 15 heavy (non-hydrogen) atoms. The van der Waals surface area contributed by atoms with Crippen LogP contribution in [0.4, 0.5) is 13.2 Å². The molecular weight excluding hydrogens is 294 g/mol. The first kappa shape index (κ1) is 12.8. The zero-order valence-corrected chi connectivity index (χ0v) is 9.88. The Hall–Kier alpha value is -0.260. The van der Waals surface area contributed by atoms with E-state index in [2.05, 4.69) is 21.2 Å². The molecule has 0 aliphatic carbocycles. The van der Waals surface area contributed by atoms with Gasteiger partial charge in [0.2, 0.25) is 0 Å². The predicted molar refractivity (Wildman–Crippen MR) is 56.9 cm³/mol. The Morgan fingerprint density at radius 2 is 2.00 bits per heavy atom. The van der Waals surface area contributed by atoms with Gasteiger partial charge in [0.15, 0.2) is 0 Å². The van der Waals surface area contributed by atoms with Crippen molar-refractivity contribution in [2.45, 2.75) is 12.7 Å². The van der Waals surface area contributed by atoms with Crippen LogP contribution in [0.5, 0.6) is 0 Å². The van der Waals surface area contributed by atoms with Crippen molar-refractivity contribution < 1.29 is 13.2 Å². The molecule has 0 aliphatic heterocycles. The number of halogens is 5. The maximum absolute atomic E-state index is 11.8. The molecule has 0 bridgehead atoms. The van der Waals surface area contributed by atoms with Gasteiger partial charge < -0.3 is 5.32 Å². The Labute approximate surface area is 98.7 Å². The first-order valence-corrected chi connectivity index (χ1v) is 5.27. The smallest absolute Gasteiger partial charge is 0.305 e. The summed E-state index contributed by atoms with van der Waals surface area (Å²) in [7, 11) is 0. The monoisotopic (exact) mass is 301 g/mol. The summed E-state index contributed by atoms with van der Waals surface area (Å²) in [6, 6.07) is 4.99. The van der Waals surface area contributed by atoms with Gasteiger partial charge in [-0.2, -0.15) is 13.2 Å². The second kappa shape index (κ2) is 5.18. The highest BCUT2D eigenvalue weighted by Gasteiger charge is 2.26. The standard InChI is InChI=1S/C9H8BrClF3N/c10-8-2-1-7(11)3-6(8)4-15-5-9(12,13)14/h1-3,15H,4-5H2. The van der Waals surface area contributed by atoms with Gasteiger partial charge >= 0.3 is 6.18 Å². The summed E-state index contributed by atoms with van der Waals surface area (Å²) in [5.74, 6) is 0. The molecular formula is C9H8BrClF3N. The summed E-state index contributed by atoms with van der Waals surface area (Å²) in [6.07, 6.45) is -4.19. The van der Waals surface area contributed by atoms with E-state index in [0.29, 0.717) is 10.6 Å². The summed E-state index contributed by atoms with van der Waals surface area (Å²) in [5, 5.41) is 2.80. The fourth-order valence-corrected chi connectivity index (χ4v) is 1.60. The van der Waals surface area contributed by atoms with Crippen LogP contribution in [0, 0.1) is 0 Å². The molecule has 1 aromatic rings. The Kier molecular flexibility index (Phi) is 4.43. The maximum Gasteiger partial charge on any atom is 0.401 e. The van der Waals surface area contributed by atoms with Crippen molar-refractivity contribution in [3.05, 3.63) is 33.3 Å². The fraction of sp³-hybridized carbons (Fsp3) is 0.333. The summed E-state index contributed by atoms with van der Waals surface area (Å²) in [5.41, 5.74) is 0.701. The van der Waals surface area contributed by atoms with Crippen molar-refractivity contribution in [3.63, 3.8) is 0 Å². The van der Waals surface area contributed by atoms with Crippen LogP contribution in [0.3, 0.4) is 0 Å². The lowest BCUT2D eigenvalue weighted by Gasteiger charge is -2.09. The summed E-state index contributed by atoms with van der Waals surface area (Å²) < 4.78 is 36.3. The van der Waals surface area contributed by atoms with E-state index >= 15 is 0 Å². The fourth-order valence-electron chi connectivity index (χ4n) is 1.02. The van der Waals surface area contributed by atoms with Gasteiger partial charge in [0.05, 0.1) is 6.54 Å². The van der Waals surface area contributed by atoms with Crippen molar-refractivity contribution >= 4 is 27.5 Å². The van der Waals surface area contributed by atoms with E-state index in [0.717, 1.165) is 4.47 Å². The van der Waals surface area contributed by atoms with Gasteiger partial charge in [-0.05, 0) is 23.8 Å². The minimum absolute atomic E-state index is 0.126. The second-order valence-electron chi connectivity index (χ2n) is 2.95. The van der Waals surface area contributed by atoms with Crippen LogP contribution in [0.2, 0.25) is 5.02 Å². The molecule has 1 N–H and O–H groups in total. The highest BCUT2D eigenvalue weighted by molar-refractivity contribution is 9.10. The van der Waals surface area contributed by atoms with E-state index < -0.39 is 12.7 Å². The van der Waals surface area contributed by atoms with Crippen LogP contribution in [0.1, 0.15) is 5.56 Å². The molecule has 0 fully saturated rings. The lowest BCUT2D eigenvalue weighted by atomic mass is 10.2. The van der Waals surface area contributed by atoms with Gasteiger partial charge in [-0.15, -0.1) is 0 Å². The summed E-state index contributed by atoms with van der Waals surface area (Å²) >= 11 is 8.95. The maximum atomic E-state index is 11.8. The SMILES string of the molecule is FC(F)(F)CNCc1cc(Cl)ccc1Br. The van der Waals surface area contributed by atoms with Crippen LogP contribution in [-0.4, -0.2) is 12.7 Å². The zero-order chi connectivity index (χ0) is 11.5. The van der Waals surface area contributed by atoms with Crippen molar-refractivity contribution in [1.29, 1.82) is 0 Å². The molecule has 1 aromatic carbocycles. The minimum atomic E-state index is -4.19. The molecule has 0 unspecified atom stereocenters. The Morgan fingerprint density at radius 3 is 2.60 bits per heavy atom. The molecule has 0 spiro atoms. The minimum Gasteiger partial charge on any atom is -0.305 e. The third kappa shape index (κ3) is 4.86. The molecule has 84 valence electrons. The highest BCUT2D eigenvalue weighted by Crippen LogP contribution is 2.21. The van der Waals surface area contributed by atoms with Crippen molar-refractivity contribution in [2.24, 2.45) is 0 Å². The first-order chi connectivity index (χ1) is 6.88. The van der Waals surface area contributed by atoms with Gasteiger partial charge in [0.25, 0.3) is 0 Å². The van der Waals surface area contributed by atoms with Gasteiger partial charge in [0.1, 0.15) is 0 Å². The van der Waals surface area contributed by atoms with E-state index in [1.54, 1.807) is 18.2 Å². The zero-order valence-electron chi connectivity index (χ0n) is 7.54. The average Bonchev–Trinajstić information content (AvgIpc) is 2.09. The van der Waals surface area contributed by atoms with Crippen LogP contribution in [0.15, 0.2) is 22.7 Å². The Bertz CT molecular complexity index is 341. The third-order valence-electron chi connectivity index (χ3n) is 1.65. The number of hydrogen-bond donors (Lipinski definition) is 1. The molecule has 0 saturated heterocycles. The van der Waals surface area contributed by atoms with E-state index in [1.807, 2.05) is 0 Å². The van der Waals surface area contributed by atoms with Crippen LogP contribution in [-0.2, 0) is 6.54 Å². The molecule has 6 heteroatoms. The number of nitrogens with one attached hydrogen (secondary N) is 1. The Balaban J connectivity index is 2.54. The van der Waals surface area contributed by atoms with E-state index in [4.69, 9.17) is 11.6 Å². The van der Waals surface area contributed by atoms with E-state index in [1.165, 1.54) is 0 Å². The largest absolute Gasteiger partial charge is 0.401 e. The molecule has 1 rings (SSSR count). The van der Waals surface area contributed by atoms with Crippen LogP contribution >= 0.6 is 27.5 Å². The van der Waals surface area contributed by atoms with Crippen molar-refractivity contribution in [3.8, 4) is 0 Å². The molecule has 0 heterocycles. The van der Waals surface area contributed by atoms with E-state index in [9.17, 15) is 13.2 Å². The summed E-state index contributed by atoms with van der Waals surface area (Å²) in [6.45, 7) is -0.882. The molecule has 0 radical (unpaired) electrons. The molecule has 0 aromatic heterocycles. The molecule has 0 amide bonds. The highest BCUT2D eigenvalue weighted by atomic mass is 79.9. The molecule has 0 aliphatic rings. The van der Waals surface area contributed by atoms with Gasteiger partial charge in [0, 0.05) is 16.0 Å².